The van der Waals surface area contributed by atoms with Gasteiger partial charge in [0.25, 0.3) is 5.91 Å². The van der Waals surface area contributed by atoms with Crippen LogP contribution in [0.3, 0.4) is 0 Å². The number of hydrogen-bond donors (Lipinski definition) is 2. The van der Waals surface area contributed by atoms with Gasteiger partial charge >= 0.3 is 0 Å². The predicted molar refractivity (Wildman–Crippen MR) is 127 cm³/mol. The third-order valence-corrected chi connectivity index (χ3v) is 8.89. The molecule has 10 heteroatoms. The number of nitrogens with zero attached hydrogens (tertiary/aromatic N) is 2. The number of nitrogens with one attached hydrogen (secondary N) is 2. The first-order valence-electron chi connectivity index (χ1n) is 11.5. The highest BCUT2D eigenvalue weighted by molar-refractivity contribution is 7.18. The average molecular weight is 489 g/mol. The molecule has 3 aliphatic rings. The van der Waals surface area contributed by atoms with E-state index < -0.39 is 5.92 Å². The minimum absolute atomic E-state index is 0.00313. The number of rotatable bonds is 6. The fourth-order valence-corrected chi connectivity index (χ4v) is 6.76. The highest BCUT2D eigenvalue weighted by Gasteiger charge is 2.41. The van der Waals surface area contributed by atoms with Gasteiger partial charge in [0.1, 0.15) is 0 Å². The zero-order chi connectivity index (χ0) is 22.8. The lowest BCUT2D eigenvalue weighted by Gasteiger charge is -2.43. The topological polar surface area (TPSA) is 101 Å². The minimum atomic E-state index is -0.420. The fourth-order valence-electron chi connectivity index (χ4n) is 5.21. The summed E-state index contributed by atoms with van der Waals surface area (Å²) in [5.41, 5.74) is 0.616. The van der Waals surface area contributed by atoms with Crippen LogP contribution < -0.4 is 10.6 Å². The summed E-state index contributed by atoms with van der Waals surface area (Å²) in [6.45, 7) is 3.90. The van der Waals surface area contributed by atoms with Crippen molar-refractivity contribution in [2.75, 3.05) is 38.2 Å². The number of amides is 2. The molecule has 2 fully saturated rings. The van der Waals surface area contributed by atoms with Gasteiger partial charge in [0.2, 0.25) is 5.91 Å². The molecule has 1 aliphatic heterocycles. The van der Waals surface area contributed by atoms with E-state index in [1.165, 1.54) is 35.5 Å². The van der Waals surface area contributed by atoms with Gasteiger partial charge in [-0.1, -0.05) is 30.2 Å². The second-order valence-electron chi connectivity index (χ2n) is 9.00. The smallest absolute Gasteiger partial charge is 0.267 e. The Balaban J connectivity index is 1.22. The van der Waals surface area contributed by atoms with Gasteiger partial charge in [0, 0.05) is 38.0 Å². The molecular formula is C23H28N4O4S2. The number of thiophene rings is 1. The zero-order valence-electron chi connectivity index (χ0n) is 18.4. The van der Waals surface area contributed by atoms with Gasteiger partial charge in [-0.05, 0) is 24.3 Å². The lowest BCUT2D eigenvalue weighted by atomic mass is 9.88. The summed E-state index contributed by atoms with van der Waals surface area (Å²) < 4.78 is 5.52. The number of hydrogen-bond acceptors (Lipinski definition) is 8. The quantitative estimate of drug-likeness (QED) is 0.649. The minimum Gasteiger partial charge on any atom is -0.379 e. The Labute approximate surface area is 200 Å². The molecule has 2 N–H and O–H groups in total. The Morgan fingerprint density at radius 1 is 1.21 bits per heavy atom. The number of ether oxygens (including phenoxy) is 1. The van der Waals surface area contributed by atoms with Crippen LogP contribution in [0.15, 0.2) is 17.5 Å². The van der Waals surface area contributed by atoms with Gasteiger partial charge in [-0.15, -0.1) is 11.3 Å². The molecule has 1 atom stereocenters. The van der Waals surface area contributed by atoms with E-state index in [2.05, 4.69) is 20.5 Å². The highest BCUT2D eigenvalue weighted by atomic mass is 32.1. The Morgan fingerprint density at radius 2 is 2.00 bits per heavy atom. The van der Waals surface area contributed by atoms with E-state index in [9.17, 15) is 14.4 Å². The number of anilines is 1. The lowest BCUT2D eigenvalue weighted by Crippen LogP contribution is -2.58. The van der Waals surface area contributed by atoms with Crippen molar-refractivity contribution in [3.63, 3.8) is 0 Å². The van der Waals surface area contributed by atoms with Gasteiger partial charge < -0.3 is 10.1 Å². The fraction of sp³-hybridized carbons (Fsp3) is 0.565. The third-order valence-electron chi connectivity index (χ3n) is 6.97. The van der Waals surface area contributed by atoms with Crippen LogP contribution in [0.25, 0.3) is 0 Å². The first-order valence-corrected chi connectivity index (χ1v) is 13.2. The molecule has 0 aromatic carbocycles. The number of ketones is 1. The van der Waals surface area contributed by atoms with Crippen LogP contribution >= 0.6 is 22.7 Å². The molecule has 8 nitrogen and oxygen atoms in total. The molecule has 33 heavy (non-hydrogen) atoms. The number of fused-ring (bicyclic) bond motifs is 1. The molecule has 1 saturated carbocycles. The third kappa shape index (κ3) is 4.75. The summed E-state index contributed by atoms with van der Waals surface area (Å²) in [5.74, 6) is -0.807. The predicted octanol–water partition coefficient (Wildman–Crippen LogP) is 2.96. The van der Waals surface area contributed by atoms with Gasteiger partial charge in [0.05, 0.1) is 34.6 Å². The Hall–Kier alpha value is -2.14. The van der Waals surface area contributed by atoms with Crippen molar-refractivity contribution in [3.05, 3.63) is 33.0 Å². The molecule has 176 valence electrons. The maximum Gasteiger partial charge on any atom is 0.267 e. The van der Waals surface area contributed by atoms with Crippen molar-refractivity contribution in [1.82, 2.24) is 15.2 Å². The van der Waals surface area contributed by atoms with Crippen LogP contribution in [0.5, 0.6) is 0 Å². The monoisotopic (exact) mass is 488 g/mol. The number of Topliss-reactive ketones (excluding diaryl/α,β-unsaturated/α-hetero) is 1. The van der Waals surface area contributed by atoms with Crippen LogP contribution in [-0.4, -0.2) is 65.9 Å². The van der Waals surface area contributed by atoms with Crippen molar-refractivity contribution in [2.45, 2.75) is 44.1 Å². The maximum atomic E-state index is 13.1. The van der Waals surface area contributed by atoms with Crippen molar-refractivity contribution < 1.29 is 19.1 Å². The Kier molecular flexibility index (Phi) is 6.60. The number of carbonyl (C=O) groups excluding carboxylic acids is 3. The molecule has 2 aliphatic carbocycles. The molecular weight excluding hydrogens is 460 g/mol. The van der Waals surface area contributed by atoms with E-state index in [-0.39, 0.29) is 29.6 Å². The van der Waals surface area contributed by atoms with E-state index >= 15 is 0 Å². The molecule has 5 rings (SSSR count). The molecule has 0 bridgehead atoms. The van der Waals surface area contributed by atoms with Crippen molar-refractivity contribution in [1.29, 1.82) is 0 Å². The normalized spacial score (nSPS) is 22.7. The zero-order valence-corrected chi connectivity index (χ0v) is 20.1. The molecule has 0 radical (unpaired) electrons. The second-order valence-corrected chi connectivity index (χ2v) is 11.0. The maximum absolute atomic E-state index is 13.1. The summed E-state index contributed by atoms with van der Waals surface area (Å²) in [6, 6.07) is 3.56. The molecule has 2 aromatic heterocycles. The van der Waals surface area contributed by atoms with Gasteiger partial charge in [-0.3, -0.25) is 24.6 Å². The van der Waals surface area contributed by atoms with E-state index in [0.29, 0.717) is 33.5 Å². The van der Waals surface area contributed by atoms with E-state index in [1.807, 2.05) is 11.4 Å². The molecule has 2 aromatic rings. The van der Waals surface area contributed by atoms with E-state index in [4.69, 9.17) is 4.74 Å². The number of aromatic nitrogens is 1. The van der Waals surface area contributed by atoms with Crippen LogP contribution in [0.4, 0.5) is 5.13 Å². The number of carbonyl (C=O) groups is 3. The average Bonchev–Trinajstić information content (AvgIpc) is 3.59. The highest BCUT2D eigenvalue weighted by Crippen LogP contribution is 2.36. The summed E-state index contributed by atoms with van der Waals surface area (Å²) >= 11 is 2.55. The van der Waals surface area contributed by atoms with Gasteiger partial charge in [0.15, 0.2) is 10.9 Å². The van der Waals surface area contributed by atoms with E-state index in [1.54, 1.807) is 6.07 Å². The largest absolute Gasteiger partial charge is 0.379 e. The van der Waals surface area contributed by atoms with Crippen LogP contribution in [-0.2, 0) is 16.0 Å². The van der Waals surface area contributed by atoms with E-state index in [0.717, 1.165) is 39.1 Å². The summed E-state index contributed by atoms with van der Waals surface area (Å²) in [4.78, 5) is 46.3. The lowest BCUT2D eigenvalue weighted by molar-refractivity contribution is -0.126. The SMILES string of the molecule is O=C(Nc1nc2c(s1)C(=O)C[C@@H](C(=O)NCC1(N3CCOCC3)CCCC1)C2)c1cccs1. The molecule has 1 saturated heterocycles. The summed E-state index contributed by atoms with van der Waals surface area (Å²) in [7, 11) is 0. The second kappa shape index (κ2) is 9.61. The number of thiazole rings is 1. The number of morpholine rings is 1. The Morgan fingerprint density at radius 3 is 2.73 bits per heavy atom. The van der Waals surface area contributed by atoms with Gasteiger partial charge in [-0.2, -0.15) is 0 Å². The van der Waals surface area contributed by atoms with Crippen LogP contribution in [0.1, 0.15) is 57.1 Å². The van der Waals surface area contributed by atoms with Crippen molar-refractivity contribution in [3.8, 4) is 0 Å². The first kappa shape index (κ1) is 22.6. The molecule has 0 spiro atoms. The standard InChI is InChI=1S/C23H28N4O4S2/c28-17-13-15(12-16-19(17)33-22(25-16)26-21(30)18-4-3-11-32-18)20(29)24-14-23(5-1-2-6-23)27-7-9-31-10-8-27/h3-4,11,15H,1-2,5-10,12-14H2,(H,24,29)(H,25,26,30)/t15-/m0/s1. The Bertz CT molecular complexity index is 1020. The van der Waals surface area contributed by atoms with Crippen LogP contribution in [0.2, 0.25) is 0 Å². The van der Waals surface area contributed by atoms with Crippen LogP contribution in [0, 0.1) is 5.92 Å². The first-order chi connectivity index (χ1) is 16.0. The summed E-state index contributed by atoms with van der Waals surface area (Å²) in [5, 5.41) is 8.20. The van der Waals surface area contributed by atoms with Crippen molar-refractivity contribution >= 4 is 45.4 Å². The molecule has 2 amide bonds. The summed E-state index contributed by atoms with van der Waals surface area (Å²) in [6.07, 6.45) is 5.13. The van der Waals surface area contributed by atoms with Gasteiger partial charge in [-0.25, -0.2) is 4.98 Å². The molecule has 0 unspecified atom stereocenters. The molecule has 3 heterocycles. The van der Waals surface area contributed by atoms with Crippen molar-refractivity contribution in [2.24, 2.45) is 5.92 Å².